The summed E-state index contributed by atoms with van der Waals surface area (Å²) >= 11 is 0. The zero-order chi connectivity index (χ0) is 15.7. The van der Waals surface area contributed by atoms with Gasteiger partial charge >= 0.3 is 0 Å². The Morgan fingerprint density at radius 1 is 1.19 bits per heavy atom. The summed E-state index contributed by atoms with van der Waals surface area (Å²) in [5.41, 5.74) is 1.26. The SMILES string of the molecule is CCCNC(=O)C(C)Oc1ccc(CC(C)NCC)cc1. The zero-order valence-corrected chi connectivity index (χ0v) is 13.6. The molecule has 1 amide bonds. The zero-order valence-electron chi connectivity index (χ0n) is 13.6. The fraction of sp³-hybridized carbons (Fsp3) is 0.588. The Hall–Kier alpha value is -1.55. The highest BCUT2D eigenvalue weighted by Gasteiger charge is 2.13. The van der Waals surface area contributed by atoms with E-state index in [0.29, 0.717) is 12.6 Å². The van der Waals surface area contributed by atoms with Gasteiger partial charge in [-0.3, -0.25) is 4.79 Å². The Morgan fingerprint density at radius 2 is 1.86 bits per heavy atom. The first-order chi connectivity index (χ1) is 10.1. The van der Waals surface area contributed by atoms with E-state index in [2.05, 4.69) is 36.6 Å². The molecule has 2 atom stereocenters. The van der Waals surface area contributed by atoms with Gasteiger partial charge in [0, 0.05) is 12.6 Å². The standard InChI is InChI=1S/C17H28N2O2/c1-5-11-19-17(20)14(4)21-16-9-7-15(8-10-16)12-13(3)18-6-2/h7-10,13-14,18H,5-6,11-12H2,1-4H3,(H,19,20). The number of carbonyl (C=O) groups excluding carboxylic acids is 1. The topological polar surface area (TPSA) is 50.4 Å². The maximum atomic E-state index is 11.7. The maximum absolute atomic E-state index is 11.7. The number of carbonyl (C=O) groups is 1. The van der Waals surface area contributed by atoms with Crippen molar-refractivity contribution in [1.82, 2.24) is 10.6 Å². The molecule has 0 bridgehead atoms. The highest BCUT2D eigenvalue weighted by molar-refractivity contribution is 5.80. The van der Waals surface area contributed by atoms with Gasteiger partial charge < -0.3 is 15.4 Å². The fourth-order valence-corrected chi connectivity index (χ4v) is 2.13. The van der Waals surface area contributed by atoms with Crippen LogP contribution in [0.1, 0.15) is 39.7 Å². The van der Waals surface area contributed by atoms with Crippen molar-refractivity contribution in [3.8, 4) is 5.75 Å². The fourth-order valence-electron chi connectivity index (χ4n) is 2.13. The number of ether oxygens (including phenoxy) is 1. The van der Waals surface area contributed by atoms with Gasteiger partial charge in [0.25, 0.3) is 5.91 Å². The number of nitrogens with one attached hydrogen (secondary N) is 2. The highest BCUT2D eigenvalue weighted by Crippen LogP contribution is 2.15. The lowest BCUT2D eigenvalue weighted by molar-refractivity contribution is -0.127. The van der Waals surface area contributed by atoms with E-state index in [-0.39, 0.29) is 5.91 Å². The summed E-state index contributed by atoms with van der Waals surface area (Å²) in [5, 5.41) is 6.22. The Balaban J connectivity index is 2.48. The van der Waals surface area contributed by atoms with Crippen LogP contribution in [0.5, 0.6) is 5.75 Å². The van der Waals surface area contributed by atoms with Gasteiger partial charge in [0.05, 0.1) is 0 Å². The molecule has 1 rings (SSSR count). The number of likely N-dealkylation sites (N-methyl/N-ethyl adjacent to an activating group) is 1. The van der Waals surface area contributed by atoms with Crippen LogP contribution in [-0.2, 0) is 11.2 Å². The second kappa shape index (κ2) is 9.40. The van der Waals surface area contributed by atoms with Crippen LogP contribution in [0.4, 0.5) is 0 Å². The van der Waals surface area contributed by atoms with Crippen molar-refractivity contribution in [1.29, 1.82) is 0 Å². The van der Waals surface area contributed by atoms with Crippen molar-refractivity contribution in [2.24, 2.45) is 0 Å². The molecule has 0 heterocycles. The molecule has 21 heavy (non-hydrogen) atoms. The van der Waals surface area contributed by atoms with Crippen LogP contribution in [-0.4, -0.2) is 31.1 Å². The number of hydrogen-bond acceptors (Lipinski definition) is 3. The molecule has 118 valence electrons. The van der Waals surface area contributed by atoms with Gasteiger partial charge in [0.15, 0.2) is 6.10 Å². The third kappa shape index (κ3) is 6.63. The minimum absolute atomic E-state index is 0.0679. The molecule has 0 aliphatic heterocycles. The molecule has 4 heteroatoms. The predicted octanol–water partition coefficient (Wildman–Crippen LogP) is 2.52. The number of hydrogen-bond donors (Lipinski definition) is 2. The highest BCUT2D eigenvalue weighted by atomic mass is 16.5. The second-order valence-corrected chi connectivity index (χ2v) is 5.36. The summed E-state index contributed by atoms with van der Waals surface area (Å²) < 4.78 is 5.65. The molecule has 0 saturated carbocycles. The van der Waals surface area contributed by atoms with Gasteiger partial charge in [-0.1, -0.05) is 26.0 Å². The second-order valence-electron chi connectivity index (χ2n) is 5.36. The van der Waals surface area contributed by atoms with Crippen LogP contribution in [0, 0.1) is 0 Å². The van der Waals surface area contributed by atoms with E-state index < -0.39 is 6.10 Å². The first-order valence-corrected chi connectivity index (χ1v) is 7.83. The molecule has 2 unspecified atom stereocenters. The molecule has 0 aliphatic carbocycles. The summed E-state index contributed by atoms with van der Waals surface area (Å²) in [4.78, 5) is 11.7. The van der Waals surface area contributed by atoms with Crippen LogP contribution in [0.15, 0.2) is 24.3 Å². The van der Waals surface area contributed by atoms with Crippen molar-refractivity contribution in [2.75, 3.05) is 13.1 Å². The summed E-state index contributed by atoms with van der Waals surface area (Å²) in [6.45, 7) is 9.75. The number of benzene rings is 1. The molecular weight excluding hydrogens is 264 g/mol. The molecule has 0 spiro atoms. The van der Waals surface area contributed by atoms with Gasteiger partial charge in [0.1, 0.15) is 5.75 Å². The van der Waals surface area contributed by atoms with Crippen LogP contribution < -0.4 is 15.4 Å². The summed E-state index contributed by atoms with van der Waals surface area (Å²) in [5.74, 6) is 0.663. The Kier molecular flexibility index (Phi) is 7.83. The molecule has 1 aromatic carbocycles. The molecule has 0 aromatic heterocycles. The van der Waals surface area contributed by atoms with Gasteiger partial charge in [-0.2, -0.15) is 0 Å². The van der Waals surface area contributed by atoms with E-state index in [0.717, 1.165) is 25.1 Å². The van der Waals surface area contributed by atoms with Gasteiger partial charge in [-0.05, 0) is 50.9 Å². The van der Waals surface area contributed by atoms with Gasteiger partial charge in [-0.15, -0.1) is 0 Å². The van der Waals surface area contributed by atoms with E-state index in [4.69, 9.17) is 4.74 Å². The molecule has 1 aromatic rings. The lowest BCUT2D eigenvalue weighted by Crippen LogP contribution is -2.36. The van der Waals surface area contributed by atoms with Crippen molar-refractivity contribution >= 4 is 5.91 Å². The van der Waals surface area contributed by atoms with Crippen molar-refractivity contribution in [3.63, 3.8) is 0 Å². The Labute approximate surface area is 128 Å². The minimum Gasteiger partial charge on any atom is -0.481 e. The van der Waals surface area contributed by atoms with Crippen LogP contribution >= 0.6 is 0 Å². The maximum Gasteiger partial charge on any atom is 0.260 e. The third-order valence-electron chi connectivity index (χ3n) is 3.25. The van der Waals surface area contributed by atoms with E-state index in [9.17, 15) is 4.79 Å². The molecule has 0 aliphatic rings. The van der Waals surface area contributed by atoms with E-state index in [1.165, 1.54) is 5.56 Å². The smallest absolute Gasteiger partial charge is 0.260 e. The van der Waals surface area contributed by atoms with Crippen LogP contribution in [0.2, 0.25) is 0 Å². The van der Waals surface area contributed by atoms with Gasteiger partial charge in [0.2, 0.25) is 0 Å². The normalized spacial score (nSPS) is 13.5. The molecular formula is C17H28N2O2. The minimum atomic E-state index is -0.469. The summed E-state index contributed by atoms with van der Waals surface area (Å²) in [6, 6.07) is 8.43. The first-order valence-electron chi connectivity index (χ1n) is 7.83. The van der Waals surface area contributed by atoms with Crippen LogP contribution in [0.3, 0.4) is 0 Å². The number of amides is 1. The lowest BCUT2D eigenvalue weighted by atomic mass is 10.1. The number of rotatable bonds is 9. The Bertz CT molecular complexity index is 417. The van der Waals surface area contributed by atoms with E-state index >= 15 is 0 Å². The largest absolute Gasteiger partial charge is 0.481 e. The van der Waals surface area contributed by atoms with E-state index in [1.54, 1.807) is 6.92 Å². The Morgan fingerprint density at radius 3 is 2.43 bits per heavy atom. The van der Waals surface area contributed by atoms with Crippen molar-refractivity contribution in [2.45, 2.75) is 52.7 Å². The molecule has 4 nitrogen and oxygen atoms in total. The summed E-state index contributed by atoms with van der Waals surface area (Å²) in [7, 11) is 0. The molecule has 0 saturated heterocycles. The van der Waals surface area contributed by atoms with E-state index in [1.807, 2.05) is 19.1 Å². The van der Waals surface area contributed by atoms with Gasteiger partial charge in [-0.25, -0.2) is 0 Å². The average Bonchev–Trinajstić information content (AvgIpc) is 2.47. The van der Waals surface area contributed by atoms with Crippen LogP contribution in [0.25, 0.3) is 0 Å². The first kappa shape index (κ1) is 17.5. The molecule has 0 fully saturated rings. The molecule has 0 radical (unpaired) electrons. The lowest BCUT2D eigenvalue weighted by Gasteiger charge is -2.15. The monoisotopic (exact) mass is 292 g/mol. The van der Waals surface area contributed by atoms with Crippen molar-refractivity contribution < 1.29 is 9.53 Å². The predicted molar refractivity (Wildman–Crippen MR) is 86.7 cm³/mol. The van der Waals surface area contributed by atoms with Crippen molar-refractivity contribution in [3.05, 3.63) is 29.8 Å². The summed E-state index contributed by atoms with van der Waals surface area (Å²) in [6.07, 6.45) is 1.45. The molecule has 2 N–H and O–H groups in total. The quantitative estimate of drug-likeness (QED) is 0.735. The third-order valence-corrected chi connectivity index (χ3v) is 3.25. The average molecular weight is 292 g/mol.